The minimum Gasteiger partial charge on any atom is -0.481 e. The summed E-state index contributed by atoms with van der Waals surface area (Å²) in [5.74, 6) is 0.0332. The van der Waals surface area contributed by atoms with E-state index in [4.69, 9.17) is 9.84 Å². The van der Waals surface area contributed by atoms with Crippen molar-refractivity contribution in [1.29, 1.82) is 0 Å². The number of aryl methyl sites for hydroxylation is 2. The number of carbonyl (C=O) groups is 2. The van der Waals surface area contributed by atoms with E-state index in [0.717, 1.165) is 23.3 Å². The first-order valence-electron chi connectivity index (χ1n) is 11.5. The molecule has 0 saturated heterocycles. The van der Waals surface area contributed by atoms with Crippen LogP contribution in [0.3, 0.4) is 0 Å². The molecule has 0 atom stereocenters. The molecular weight excluding hydrogens is 471 g/mol. The molecule has 0 saturated carbocycles. The molecule has 3 aromatic rings. The van der Waals surface area contributed by atoms with Crippen molar-refractivity contribution in [2.75, 3.05) is 13.6 Å². The van der Waals surface area contributed by atoms with Gasteiger partial charge in [0.2, 0.25) is 0 Å². The first-order valence-corrected chi connectivity index (χ1v) is 11.5. The summed E-state index contributed by atoms with van der Waals surface area (Å²) in [6.45, 7) is 4.02. The Morgan fingerprint density at radius 1 is 0.972 bits per heavy atom. The van der Waals surface area contributed by atoms with Gasteiger partial charge in [-0.05, 0) is 79.8 Å². The lowest BCUT2D eigenvalue weighted by atomic mass is 10.0. The van der Waals surface area contributed by atoms with Crippen molar-refractivity contribution in [3.05, 3.63) is 94.0 Å². The number of halogens is 3. The summed E-state index contributed by atoms with van der Waals surface area (Å²) < 4.78 is 44.3. The van der Waals surface area contributed by atoms with Gasteiger partial charge < -0.3 is 14.7 Å². The van der Waals surface area contributed by atoms with E-state index in [1.165, 1.54) is 17.0 Å². The summed E-state index contributed by atoms with van der Waals surface area (Å²) in [4.78, 5) is 25.4. The van der Waals surface area contributed by atoms with Crippen LogP contribution >= 0.6 is 0 Å². The molecule has 0 heterocycles. The van der Waals surface area contributed by atoms with Crippen LogP contribution in [0.15, 0.2) is 60.7 Å². The van der Waals surface area contributed by atoms with Crippen molar-refractivity contribution in [1.82, 2.24) is 4.90 Å². The number of carboxylic acids is 1. The Bertz CT molecular complexity index is 1240. The smallest absolute Gasteiger partial charge is 0.416 e. The van der Waals surface area contributed by atoms with Gasteiger partial charge in [0.15, 0.2) is 0 Å². The highest BCUT2D eigenvalue weighted by Gasteiger charge is 2.30. The van der Waals surface area contributed by atoms with Crippen molar-refractivity contribution in [2.45, 2.75) is 39.3 Å². The van der Waals surface area contributed by atoms with Gasteiger partial charge in [-0.25, -0.2) is 0 Å². The molecular formula is C28H28F3NO4. The zero-order chi connectivity index (χ0) is 26.5. The minimum absolute atomic E-state index is 0.0523. The molecule has 0 bridgehead atoms. The fourth-order valence-corrected chi connectivity index (χ4v) is 3.80. The summed E-state index contributed by atoms with van der Waals surface area (Å²) in [7, 11) is 1.65. The maximum atomic E-state index is 13.1. The van der Waals surface area contributed by atoms with E-state index in [1.54, 1.807) is 38.2 Å². The molecule has 190 valence electrons. The number of hydrogen-bond donors (Lipinski definition) is 1. The van der Waals surface area contributed by atoms with E-state index in [9.17, 15) is 22.8 Å². The monoisotopic (exact) mass is 499 g/mol. The Hall–Kier alpha value is -3.81. The van der Waals surface area contributed by atoms with E-state index in [0.29, 0.717) is 47.6 Å². The van der Waals surface area contributed by atoms with E-state index in [-0.39, 0.29) is 12.3 Å². The predicted octanol–water partition coefficient (Wildman–Crippen LogP) is 6.45. The van der Waals surface area contributed by atoms with Crippen LogP contribution in [0.1, 0.15) is 44.6 Å². The average Bonchev–Trinajstić information content (AvgIpc) is 2.82. The molecule has 0 unspecified atom stereocenters. The Balaban J connectivity index is 1.67. The molecule has 0 aliphatic rings. The third kappa shape index (κ3) is 6.87. The topological polar surface area (TPSA) is 66.8 Å². The molecule has 0 fully saturated rings. The first-order chi connectivity index (χ1) is 17.0. The Kier molecular flexibility index (Phi) is 8.40. The summed E-state index contributed by atoms with van der Waals surface area (Å²) in [5, 5.41) is 8.89. The number of carbonyl (C=O) groups excluding carboxylic acids is 1. The van der Waals surface area contributed by atoms with Gasteiger partial charge in [0.25, 0.3) is 5.91 Å². The second-order valence-corrected chi connectivity index (χ2v) is 8.68. The molecule has 8 heteroatoms. The highest BCUT2D eigenvalue weighted by molar-refractivity contribution is 5.96. The molecule has 0 aliphatic carbocycles. The Morgan fingerprint density at radius 2 is 1.67 bits per heavy atom. The number of alkyl halides is 3. The van der Waals surface area contributed by atoms with Crippen molar-refractivity contribution >= 4 is 11.9 Å². The van der Waals surface area contributed by atoms with Gasteiger partial charge in [-0.1, -0.05) is 24.3 Å². The minimum atomic E-state index is -4.38. The SMILES string of the molecule is Cc1cc(Oc2cccc(C(=O)N(C)CCc3ccc(C(F)(F)F)cc3)c2C)ccc1CCC(=O)O. The molecule has 5 nitrogen and oxygen atoms in total. The fraction of sp³-hybridized carbons (Fsp3) is 0.286. The van der Waals surface area contributed by atoms with Crippen molar-refractivity contribution in [2.24, 2.45) is 0 Å². The molecule has 0 radical (unpaired) electrons. The second kappa shape index (κ2) is 11.3. The van der Waals surface area contributed by atoms with Gasteiger partial charge in [-0.2, -0.15) is 13.2 Å². The molecule has 0 aromatic heterocycles. The van der Waals surface area contributed by atoms with Crippen LogP contribution in [0, 0.1) is 13.8 Å². The van der Waals surface area contributed by atoms with Gasteiger partial charge in [-0.3, -0.25) is 9.59 Å². The lowest BCUT2D eigenvalue weighted by Crippen LogP contribution is -2.29. The van der Waals surface area contributed by atoms with E-state index >= 15 is 0 Å². The predicted molar refractivity (Wildman–Crippen MR) is 130 cm³/mol. The average molecular weight is 500 g/mol. The van der Waals surface area contributed by atoms with Crippen LogP contribution in [0.4, 0.5) is 13.2 Å². The standard InChI is InChI=1S/C28H28F3NO4/c1-18-17-23(13-9-21(18)10-14-26(33)34)36-25-6-4-5-24(19(25)2)27(35)32(3)16-15-20-7-11-22(12-8-20)28(29,30)31/h4-9,11-13,17H,10,14-16H2,1-3H3,(H,33,34). The van der Waals surface area contributed by atoms with E-state index in [2.05, 4.69) is 0 Å². The van der Waals surface area contributed by atoms with Crippen molar-refractivity contribution < 1.29 is 32.6 Å². The molecule has 1 N–H and O–H groups in total. The number of likely N-dealkylation sites (N-methyl/N-ethyl adjacent to an activating group) is 1. The van der Waals surface area contributed by atoms with E-state index < -0.39 is 17.7 Å². The number of aliphatic carboxylic acids is 1. The highest BCUT2D eigenvalue weighted by Crippen LogP contribution is 2.30. The lowest BCUT2D eigenvalue weighted by molar-refractivity contribution is -0.138. The Labute approximate surface area is 208 Å². The van der Waals surface area contributed by atoms with E-state index in [1.807, 2.05) is 19.1 Å². The molecule has 3 rings (SSSR count). The van der Waals surface area contributed by atoms with Crippen LogP contribution in [-0.4, -0.2) is 35.5 Å². The summed E-state index contributed by atoms with van der Waals surface area (Å²) in [6, 6.07) is 15.6. The first kappa shape index (κ1) is 26.8. The molecule has 3 aromatic carbocycles. The van der Waals surface area contributed by atoms with Gasteiger partial charge >= 0.3 is 12.1 Å². The number of ether oxygens (including phenoxy) is 1. The van der Waals surface area contributed by atoms with Crippen LogP contribution in [-0.2, 0) is 23.8 Å². The zero-order valence-electron chi connectivity index (χ0n) is 20.4. The molecule has 36 heavy (non-hydrogen) atoms. The summed E-state index contributed by atoms with van der Waals surface area (Å²) in [6.07, 6.45) is -3.47. The number of carboxylic acid groups (broad SMARTS) is 1. The van der Waals surface area contributed by atoms with Gasteiger partial charge in [-0.15, -0.1) is 0 Å². The Morgan fingerprint density at radius 3 is 2.28 bits per heavy atom. The van der Waals surface area contributed by atoms with Crippen LogP contribution in [0.25, 0.3) is 0 Å². The lowest BCUT2D eigenvalue weighted by Gasteiger charge is -2.20. The number of nitrogens with zero attached hydrogens (tertiary/aromatic N) is 1. The third-order valence-electron chi connectivity index (χ3n) is 6.03. The van der Waals surface area contributed by atoms with Gasteiger partial charge in [0.1, 0.15) is 11.5 Å². The quantitative estimate of drug-likeness (QED) is 0.368. The fourth-order valence-electron chi connectivity index (χ4n) is 3.80. The summed E-state index contributed by atoms with van der Waals surface area (Å²) in [5.41, 5.74) is 2.99. The maximum absolute atomic E-state index is 13.1. The highest BCUT2D eigenvalue weighted by atomic mass is 19.4. The molecule has 0 spiro atoms. The number of hydrogen-bond acceptors (Lipinski definition) is 3. The van der Waals surface area contributed by atoms with Crippen LogP contribution < -0.4 is 4.74 Å². The normalized spacial score (nSPS) is 11.3. The number of rotatable bonds is 9. The molecule has 0 aliphatic heterocycles. The third-order valence-corrected chi connectivity index (χ3v) is 6.03. The number of amides is 1. The van der Waals surface area contributed by atoms with Crippen LogP contribution in [0.2, 0.25) is 0 Å². The largest absolute Gasteiger partial charge is 0.481 e. The van der Waals surface area contributed by atoms with Gasteiger partial charge in [0.05, 0.1) is 5.56 Å². The van der Waals surface area contributed by atoms with Gasteiger partial charge in [0, 0.05) is 31.1 Å². The van der Waals surface area contributed by atoms with Crippen LogP contribution in [0.5, 0.6) is 11.5 Å². The molecule has 1 amide bonds. The van der Waals surface area contributed by atoms with Crippen molar-refractivity contribution in [3.8, 4) is 11.5 Å². The second-order valence-electron chi connectivity index (χ2n) is 8.68. The number of benzene rings is 3. The maximum Gasteiger partial charge on any atom is 0.416 e. The van der Waals surface area contributed by atoms with Crippen molar-refractivity contribution in [3.63, 3.8) is 0 Å². The summed E-state index contributed by atoms with van der Waals surface area (Å²) >= 11 is 0. The zero-order valence-corrected chi connectivity index (χ0v) is 20.4.